The van der Waals surface area contributed by atoms with E-state index in [0.29, 0.717) is 0 Å². The summed E-state index contributed by atoms with van der Waals surface area (Å²) in [4.78, 5) is 4.69. The third kappa shape index (κ3) is 3.32. The molecule has 0 saturated carbocycles. The highest BCUT2D eigenvalue weighted by molar-refractivity contribution is 5.47. The van der Waals surface area contributed by atoms with Gasteiger partial charge in [-0.2, -0.15) is 0 Å². The SMILES string of the molecule is Fc1cccc(N2CCCC3(CN(Cc4ccoc4)CCO3)C2)c1. The van der Waals surface area contributed by atoms with E-state index in [0.717, 1.165) is 57.9 Å². The van der Waals surface area contributed by atoms with E-state index in [1.54, 1.807) is 18.4 Å². The normalized spacial score (nSPS) is 25.3. The van der Waals surface area contributed by atoms with Crippen molar-refractivity contribution in [1.82, 2.24) is 4.90 Å². The summed E-state index contributed by atoms with van der Waals surface area (Å²) in [6, 6.07) is 8.88. The van der Waals surface area contributed by atoms with Gasteiger partial charge in [-0.05, 0) is 37.1 Å². The number of ether oxygens (including phenoxy) is 1. The van der Waals surface area contributed by atoms with Crippen LogP contribution in [0.5, 0.6) is 0 Å². The molecule has 0 N–H and O–H groups in total. The van der Waals surface area contributed by atoms with Gasteiger partial charge in [0.05, 0.1) is 24.7 Å². The minimum Gasteiger partial charge on any atom is -0.472 e. The van der Waals surface area contributed by atoms with E-state index >= 15 is 0 Å². The second kappa shape index (κ2) is 6.57. The molecule has 5 heteroatoms. The van der Waals surface area contributed by atoms with Crippen LogP contribution in [0.15, 0.2) is 47.3 Å². The summed E-state index contributed by atoms with van der Waals surface area (Å²) >= 11 is 0. The molecule has 1 aromatic heterocycles. The second-order valence-electron chi connectivity index (χ2n) is 6.88. The van der Waals surface area contributed by atoms with E-state index in [9.17, 15) is 4.39 Å². The second-order valence-corrected chi connectivity index (χ2v) is 6.88. The molecule has 24 heavy (non-hydrogen) atoms. The monoisotopic (exact) mass is 330 g/mol. The lowest BCUT2D eigenvalue weighted by atomic mass is 9.90. The Morgan fingerprint density at radius 1 is 1.17 bits per heavy atom. The van der Waals surface area contributed by atoms with Crippen LogP contribution >= 0.6 is 0 Å². The third-order valence-corrected chi connectivity index (χ3v) is 5.03. The molecule has 0 bridgehead atoms. The summed E-state index contributed by atoms with van der Waals surface area (Å²) < 4.78 is 25.0. The molecule has 3 heterocycles. The van der Waals surface area contributed by atoms with Crippen molar-refractivity contribution in [2.24, 2.45) is 0 Å². The molecule has 1 unspecified atom stereocenters. The van der Waals surface area contributed by atoms with Gasteiger partial charge in [0, 0.05) is 44.0 Å². The Morgan fingerprint density at radius 2 is 2.12 bits per heavy atom. The van der Waals surface area contributed by atoms with Gasteiger partial charge in [-0.3, -0.25) is 4.90 Å². The Kier molecular flexibility index (Phi) is 4.29. The Hall–Kier alpha value is -1.85. The van der Waals surface area contributed by atoms with E-state index in [4.69, 9.17) is 9.15 Å². The molecule has 1 spiro atoms. The van der Waals surface area contributed by atoms with Crippen molar-refractivity contribution >= 4 is 5.69 Å². The zero-order valence-electron chi connectivity index (χ0n) is 13.8. The standard InChI is InChI=1S/C19H23FN2O2/c20-17-3-1-4-18(11-17)22-7-2-6-19(15-22)14-21(8-10-24-19)12-16-5-9-23-13-16/h1,3-5,9,11,13H,2,6-8,10,12,14-15H2. The Labute approximate surface area is 141 Å². The molecule has 0 aliphatic carbocycles. The molecule has 128 valence electrons. The number of piperidine rings is 1. The number of halogens is 1. The molecule has 1 atom stereocenters. The maximum atomic E-state index is 13.6. The number of furan rings is 1. The highest BCUT2D eigenvalue weighted by Gasteiger charge is 2.40. The van der Waals surface area contributed by atoms with Crippen LogP contribution in [-0.4, -0.2) is 43.3 Å². The summed E-state index contributed by atoms with van der Waals surface area (Å²) in [6.07, 6.45) is 5.65. The smallest absolute Gasteiger partial charge is 0.125 e. The molecule has 2 saturated heterocycles. The zero-order valence-corrected chi connectivity index (χ0v) is 13.8. The first-order chi connectivity index (χ1) is 11.7. The maximum absolute atomic E-state index is 13.6. The fraction of sp³-hybridized carbons (Fsp3) is 0.474. The van der Waals surface area contributed by atoms with Crippen molar-refractivity contribution in [2.75, 3.05) is 37.7 Å². The van der Waals surface area contributed by atoms with E-state index in [1.807, 2.05) is 18.4 Å². The molecule has 4 nitrogen and oxygen atoms in total. The van der Waals surface area contributed by atoms with Crippen LogP contribution in [0.4, 0.5) is 10.1 Å². The minimum absolute atomic E-state index is 0.160. The van der Waals surface area contributed by atoms with Crippen LogP contribution in [0.2, 0.25) is 0 Å². The average Bonchev–Trinajstić information content (AvgIpc) is 3.08. The number of hydrogen-bond donors (Lipinski definition) is 0. The third-order valence-electron chi connectivity index (χ3n) is 5.03. The minimum atomic E-state index is -0.182. The summed E-state index contributed by atoms with van der Waals surface area (Å²) in [6.45, 7) is 5.25. The van der Waals surface area contributed by atoms with Gasteiger partial charge in [-0.15, -0.1) is 0 Å². The van der Waals surface area contributed by atoms with E-state index < -0.39 is 0 Å². The molecule has 2 aromatic rings. The number of hydrogen-bond acceptors (Lipinski definition) is 4. The molecule has 1 aromatic carbocycles. The number of morpholine rings is 1. The largest absolute Gasteiger partial charge is 0.472 e. The Balaban J connectivity index is 1.47. The molecule has 0 radical (unpaired) electrons. The maximum Gasteiger partial charge on any atom is 0.125 e. The summed E-state index contributed by atoms with van der Waals surface area (Å²) in [5.41, 5.74) is 1.99. The fourth-order valence-electron chi connectivity index (χ4n) is 3.94. The van der Waals surface area contributed by atoms with Gasteiger partial charge >= 0.3 is 0 Å². The van der Waals surface area contributed by atoms with Crippen LogP contribution in [-0.2, 0) is 11.3 Å². The van der Waals surface area contributed by atoms with Gasteiger partial charge in [0.15, 0.2) is 0 Å². The van der Waals surface area contributed by atoms with Crippen molar-refractivity contribution in [3.8, 4) is 0 Å². The highest BCUT2D eigenvalue weighted by atomic mass is 19.1. The van der Waals surface area contributed by atoms with Gasteiger partial charge < -0.3 is 14.1 Å². The van der Waals surface area contributed by atoms with Gasteiger partial charge in [-0.1, -0.05) is 6.07 Å². The van der Waals surface area contributed by atoms with Crippen LogP contribution < -0.4 is 4.90 Å². The highest BCUT2D eigenvalue weighted by Crippen LogP contribution is 2.32. The first kappa shape index (κ1) is 15.7. The van der Waals surface area contributed by atoms with Crippen LogP contribution in [0, 0.1) is 5.82 Å². The molecule has 4 rings (SSSR count). The van der Waals surface area contributed by atoms with E-state index in [1.165, 1.54) is 11.6 Å². The van der Waals surface area contributed by atoms with Crippen molar-refractivity contribution in [2.45, 2.75) is 25.0 Å². The lowest BCUT2D eigenvalue weighted by molar-refractivity contribution is -0.116. The van der Waals surface area contributed by atoms with Gasteiger partial charge in [-0.25, -0.2) is 4.39 Å². The fourth-order valence-corrected chi connectivity index (χ4v) is 3.94. The number of nitrogens with zero attached hydrogens (tertiary/aromatic N) is 2. The Morgan fingerprint density at radius 3 is 2.96 bits per heavy atom. The quantitative estimate of drug-likeness (QED) is 0.863. The zero-order chi connectivity index (χ0) is 16.4. The van der Waals surface area contributed by atoms with Crippen LogP contribution in [0.1, 0.15) is 18.4 Å². The molecular weight excluding hydrogens is 307 g/mol. The summed E-state index contributed by atoms with van der Waals surface area (Å²) in [7, 11) is 0. The van der Waals surface area contributed by atoms with Crippen LogP contribution in [0.25, 0.3) is 0 Å². The first-order valence-electron chi connectivity index (χ1n) is 8.60. The first-order valence-corrected chi connectivity index (χ1v) is 8.60. The topological polar surface area (TPSA) is 28.9 Å². The van der Waals surface area contributed by atoms with Crippen molar-refractivity contribution in [3.05, 3.63) is 54.2 Å². The van der Waals surface area contributed by atoms with E-state index in [2.05, 4.69) is 9.80 Å². The van der Waals surface area contributed by atoms with Gasteiger partial charge in [0.1, 0.15) is 5.82 Å². The number of rotatable bonds is 3. The lowest BCUT2D eigenvalue weighted by Crippen LogP contribution is -2.59. The van der Waals surface area contributed by atoms with Crippen molar-refractivity contribution in [1.29, 1.82) is 0 Å². The number of anilines is 1. The predicted molar refractivity (Wildman–Crippen MR) is 90.5 cm³/mol. The summed E-state index contributed by atoms with van der Waals surface area (Å²) in [5.74, 6) is -0.182. The van der Waals surface area contributed by atoms with Crippen LogP contribution in [0.3, 0.4) is 0 Å². The molecular formula is C19H23FN2O2. The van der Waals surface area contributed by atoms with Crippen molar-refractivity contribution in [3.63, 3.8) is 0 Å². The molecule has 2 aliphatic rings. The average molecular weight is 330 g/mol. The van der Waals surface area contributed by atoms with Crippen molar-refractivity contribution < 1.29 is 13.5 Å². The number of benzene rings is 1. The molecule has 2 fully saturated rings. The molecule has 2 aliphatic heterocycles. The van der Waals surface area contributed by atoms with E-state index in [-0.39, 0.29) is 11.4 Å². The summed E-state index contributed by atoms with van der Waals surface area (Å²) in [5, 5.41) is 0. The van der Waals surface area contributed by atoms with Gasteiger partial charge in [0.25, 0.3) is 0 Å². The lowest BCUT2D eigenvalue weighted by Gasteiger charge is -2.48. The predicted octanol–water partition coefficient (Wildman–Crippen LogP) is 3.29. The van der Waals surface area contributed by atoms with Gasteiger partial charge in [0.2, 0.25) is 0 Å². The molecule has 0 amide bonds. The Bertz CT molecular complexity index is 672.